The Kier molecular flexibility index (Phi) is 11.8. The van der Waals surface area contributed by atoms with Gasteiger partial charge in [0.25, 0.3) is 0 Å². The largest absolute Gasteiger partial charge is 0.390 e. The zero-order valence-electron chi connectivity index (χ0n) is 21.3. The zero-order chi connectivity index (χ0) is 24.2. The van der Waals surface area contributed by atoms with Crippen molar-refractivity contribution in [1.29, 1.82) is 0 Å². The van der Waals surface area contributed by atoms with Crippen molar-refractivity contribution in [3.05, 3.63) is 30.1 Å². The molecule has 7 heteroatoms. The van der Waals surface area contributed by atoms with Gasteiger partial charge in [0.2, 0.25) is 10.0 Å². The molecular weight excluding hydrogens is 446 g/mol. The topological polar surface area (TPSA) is 73.7 Å². The summed E-state index contributed by atoms with van der Waals surface area (Å²) in [6.45, 7) is 2.87. The first-order chi connectivity index (χ1) is 16.4. The molecule has 1 aromatic heterocycles. The molecule has 1 saturated carbocycles. The molecule has 3 atom stereocenters. The standard InChI is InChI=1S/C27H47N3O3S/c1-34(32,33)30(21-26-13-10-16-28-20-26)23-27(31)22-29-17-8-4-2-6-11-24-14-15-25(19-24)12-7-3-5-9-18-29/h10,13,16,20,24-25,27,31H,2-9,11-12,14-15,17-19,21-23H2,1H3/t24-,25?,27?/m0/s1. The quantitative estimate of drug-likeness (QED) is 0.588. The Labute approximate surface area is 208 Å². The van der Waals surface area contributed by atoms with Crippen LogP contribution in [0.25, 0.3) is 0 Å². The van der Waals surface area contributed by atoms with E-state index in [1.54, 1.807) is 12.4 Å². The van der Waals surface area contributed by atoms with E-state index in [1.165, 1.54) is 81.2 Å². The summed E-state index contributed by atoms with van der Waals surface area (Å²) in [4.78, 5) is 6.45. The van der Waals surface area contributed by atoms with Crippen molar-refractivity contribution in [3.63, 3.8) is 0 Å². The highest BCUT2D eigenvalue weighted by Crippen LogP contribution is 2.37. The van der Waals surface area contributed by atoms with Gasteiger partial charge in [0.15, 0.2) is 0 Å². The van der Waals surface area contributed by atoms with Crippen LogP contribution in [0.2, 0.25) is 0 Å². The Balaban J connectivity index is 1.50. The fourth-order valence-corrected chi connectivity index (χ4v) is 6.67. The van der Waals surface area contributed by atoms with Gasteiger partial charge in [-0.05, 0) is 55.8 Å². The Hall–Kier alpha value is -1.02. The molecule has 1 aliphatic heterocycles. The van der Waals surface area contributed by atoms with E-state index in [2.05, 4.69) is 9.88 Å². The van der Waals surface area contributed by atoms with Crippen LogP contribution in [0.5, 0.6) is 0 Å². The lowest BCUT2D eigenvalue weighted by Gasteiger charge is -2.28. The molecule has 2 aliphatic rings. The maximum Gasteiger partial charge on any atom is 0.211 e. The minimum atomic E-state index is -3.42. The predicted molar refractivity (Wildman–Crippen MR) is 139 cm³/mol. The van der Waals surface area contributed by atoms with E-state index in [4.69, 9.17) is 0 Å². The van der Waals surface area contributed by atoms with E-state index in [9.17, 15) is 13.5 Å². The minimum Gasteiger partial charge on any atom is -0.390 e. The monoisotopic (exact) mass is 493 g/mol. The number of aliphatic hydroxyl groups excluding tert-OH is 1. The van der Waals surface area contributed by atoms with Crippen molar-refractivity contribution < 1.29 is 13.5 Å². The SMILES string of the molecule is CS(=O)(=O)N(Cc1cccnc1)CC(O)CN1CCCCCCC2CC[C@H](CCCCCC1)C2. The smallest absolute Gasteiger partial charge is 0.211 e. The number of nitrogens with zero attached hydrogens (tertiary/aromatic N) is 3. The van der Waals surface area contributed by atoms with E-state index in [-0.39, 0.29) is 13.1 Å². The summed E-state index contributed by atoms with van der Waals surface area (Å²) in [6.07, 6.45) is 21.3. The van der Waals surface area contributed by atoms with Gasteiger partial charge < -0.3 is 10.0 Å². The summed E-state index contributed by atoms with van der Waals surface area (Å²) < 4.78 is 26.1. The summed E-state index contributed by atoms with van der Waals surface area (Å²) in [5.74, 6) is 1.96. The van der Waals surface area contributed by atoms with E-state index in [0.717, 1.165) is 43.3 Å². The number of hydrogen-bond donors (Lipinski definition) is 1. The molecule has 2 unspecified atom stereocenters. The zero-order valence-corrected chi connectivity index (χ0v) is 22.1. The first-order valence-electron chi connectivity index (χ1n) is 13.6. The van der Waals surface area contributed by atoms with Crippen LogP contribution in [-0.2, 0) is 16.6 Å². The van der Waals surface area contributed by atoms with E-state index < -0.39 is 16.1 Å². The molecule has 1 aliphatic carbocycles. The van der Waals surface area contributed by atoms with Crippen LogP contribution in [0.3, 0.4) is 0 Å². The molecule has 1 aromatic rings. The van der Waals surface area contributed by atoms with Gasteiger partial charge in [-0.15, -0.1) is 0 Å². The normalized spacial score (nSPS) is 25.4. The average Bonchev–Trinajstić information content (AvgIpc) is 3.24. The number of hydrogen-bond acceptors (Lipinski definition) is 5. The van der Waals surface area contributed by atoms with Crippen LogP contribution < -0.4 is 0 Å². The Bertz CT molecular complexity index is 768. The molecule has 0 radical (unpaired) electrons. The lowest BCUT2D eigenvalue weighted by molar-refractivity contribution is 0.0915. The highest BCUT2D eigenvalue weighted by Gasteiger charge is 2.24. The average molecular weight is 494 g/mol. The number of pyridine rings is 1. The molecule has 194 valence electrons. The second kappa shape index (κ2) is 14.5. The molecule has 2 heterocycles. The molecule has 1 saturated heterocycles. The molecule has 34 heavy (non-hydrogen) atoms. The lowest BCUT2D eigenvalue weighted by Crippen LogP contribution is -2.42. The molecule has 3 rings (SSSR count). The molecule has 0 aromatic carbocycles. The summed E-state index contributed by atoms with van der Waals surface area (Å²) in [7, 11) is -3.42. The van der Waals surface area contributed by atoms with Crippen LogP contribution in [0, 0.1) is 11.8 Å². The predicted octanol–water partition coefficient (Wildman–Crippen LogP) is 4.84. The van der Waals surface area contributed by atoms with Gasteiger partial charge in [-0.3, -0.25) is 4.98 Å². The summed E-state index contributed by atoms with van der Waals surface area (Å²) in [5, 5.41) is 10.9. The Morgan fingerprint density at radius 2 is 1.62 bits per heavy atom. The van der Waals surface area contributed by atoms with Crippen molar-refractivity contribution in [2.45, 2.75) is 96.1 Å². The van der Waals surface area contributed by atoms with Gasteiger partial charge in [-0.25, -0.2) is 8.42 Å². The van der Waals surface area contributed by atoms with E-state index in [0.29, 0.717) is 6.54 Å². The fourth-order valence-electron chi connectivity index (χ4n) is 5.84. The lowest BCUT2D eigenvalue weighted by atomic mass is 9.95. The van der Waals surface area contributed by atoms with Gasteiger partial charge in [0.1, 0.15) is 0 Å². The van der Waals surface area contributed by atoms with Crippen LogP contribution in [-0.4, -0.2) is 66.3 Å². The molecule has 1 N–H and O–H groups in total. The van der Waals surface area contributed by atoms with Gasteiger partial charge in [0, 0.05) is 32.0 Å². The van der Waals surface area contributed by atoms with Crippen LogP contribution in [0.4, 0.5) is 0 Å². The molecule has 0 amide bonds. The number of aromatic nitrogens is 1. The Morgan fingerprint density at radius 1 is 1.00 bits per heavy atom. The van der Waals surface area contributed by atoms with E-state index in [1.807, 2.05) is 12.1 Å². The summed E-state index contributed by atoms with van der Waals surface area (Å²) >= 11 is 0. The van der Waals surface area contributed by atoms with Crippen LogP contribution >= 0.6 is 0 Å². The summed E-state index contributed by atoms with van der Waals surface area (Å²) in [5.41, 5.74) is 0.832. The Morgan fingerprint density at radius 3 is 2.18 bits per heavy atom. The highest BCUT2D eigenvalue weighted by atomic mass is 32.2. The van der Waals surface area contributed by atoms with Gasteiger partial charge in [0.05, 0.1) is 12.4 Å². The van der Waals surface area contributed by atoms with Gasteiger partial charge >= 0.3 is 0 Å². The van der Waals surface area contributed by atoms with Crippen molar-refractivity contribution in [2.75, 3.05) is 32.4 Å². The third-order valence-corrected chi connectivity index (χ3v) is 8.97. The van der Waals surface area contributed by atoms with Crippen molar-refractivity contribution in [2.24, 2.45) is 11.8 Å². The second-order valence-corrected chi connectivity index (χ2v) is 12.8. The highest BCUT2D eigenvalue weighted by molar-refractivity contribution is 7.88. The molecule has 0 spiro atoms. The maximum absolute atomic E-state index is 12.4. The molecular formula is C27H47N3O3S. The second-order valence-electron chi connectivity index (χ2n) is 10.8. The third kappa shape index (κ3) is 10.3. The molecule has 2 bridgehead atoms. The summed E-state index contributed by atoms with van der Waals surface area (Å²) in [6, 6.07) is 3.68. The van der Waals surface area contributed by atoms with Crippen molar-refractivity contribution >= 4 is 10.0 Å². The third-order valence-electron chi connectivity index (χ3n) is 7.76. The fraction of sp³-hybridized carbons (Fsp3) is 0.815. The number of β-amino-alcohol motifs (C(OH)–C–C–N with tert-alkyl or cyclic N) is 1. The van der Waals surface area contributed by atoms with Crippen molar-refractivity contribution in [1.82, 2.24) is 14.2 Å². The molecule has 2 fully saturated rings. The number of rotatable bonds is 7. The van der Waals surface area contributed by atoms with Crippen molar-refractivity contribution in [3.8, 4) is 0 Å². The number of sulfonamides is 1. The molecule has 6 nitrogen and oxygen atoms in total. The maximum atomic E-state index is 12.4. The minimum absolute atomic E-state index is 0.118. The number of fused-ring (bicyclic) bond motifs is 2. The van der Waals surface area contributed by atoms with Crippen LogP contribution in [0.15, 0.2) is 24.5 Å². The van der Waals surface area contributed by atoms with Gasteiger partial charge in [-0.2, -0.15) is 4.31 Å². The number of aliphatic hydroxyl groups is 1. The van der Waals surface area contributed by atoms with Crippen LogP contribution in [0.1, 0.15) is 89.0 Å². The van der Waals surface area contributed by atoms with Gasteiger partial charge in [-0.1, -0.05) is 70.3 Å². The first-order valence-corrected chi connectivity index (χ1v) is 15.5. The van der Waals surface area contributed by atoms with E-state index >= 15 is 0 Å². The first kappa shape index (κ1) is 27.6.